The molecular weight excluding hydrogens is 299 g/mol. The van der Waals surface area contributed by atoms with Gasteiger partial charge < -0.3 is 0 Å². The van der Waals surface area contributed by atoms with Gasteiger partial charge in [-0.25, -0.2) is 4.57 Å². The Balaban J connectivity index is 2.50. The molecule has 0 radical (unpaired) electrons. The second kappa shape index (κ2) is 7.21. The standard InChI is InChI=1S/C17H21O4P/c1-4-20-22(18,19-3)21-17(2,15-11-7-5-8-12-15)16-13-9-6-10-14-16/h5-14H,4H2,1-3H3. The van der Waals surface area contributed by atoms with Crippen LogP contribution in [0.3, 0.4) is 0 Å². The van der Waals surface area contributed by atoms with Gasteiger partial charge in [-0.3, -0.25) is 13.6 Å². The van der Waals surface area contributed by atoms with Crippen molar-refractivity contribution < 1.29 is 18.1 Å². The van der Waals surface area contributed by atoms with Crippen LogP contribution in [0.4, 0.5) is 0 Å². The van der Waals surface area contributed by atoms with Gasteiger partial charge in [-0.1, -0.05) is 60.7 Å². The van der Waals surface area contributed by atoms with Gasteiger partial charge >= 0.3 is 7.82 Å². The lowest BCUT2D eigenvalue weighted by Gasteiger charge is -2.33. The Kier molecular flexibility index (Phi) is 5.54. The predicted molar refractivity (Wildman–Crippen MR) is 86.7 cm³/mol. The first-order valence-electron chi connectivity index (χ1n) is 7.16. The summed E-state index contributed by atoms with van der Waals surface area (Å²) in [5, 5.41) is 0. The van der Waals surface area contributed by atoms with Gasteiger partial charge in [0.15, 0.2) is 0 Å². The Morgan fingerprint density at radius 3 is 1.77 bits per heavy atom. The Morgan fingerprint density at radius 2 is 1.41 bits per heavy atom. The molecule has 0 N–H and O–H groups in total. The van der Waals surface area contributed by atoms with E-state index in [-0.39, 0.29) is 6.61 Å². The van der Waals surface area contributed by atoms with Crippen LogP contribution in [-0.2, 0) is 23.7 Å². The molecule has 0 amide bonds. The molecule has 0 fully saturated rings. The van der Waals surface area contributed by atoms with Gasteiger partial charge in [0.25, 0.3) is 0 Å². The minimum Gasteiger partial charge on any atom is -0.290 e. The van der Waals surface area contributed by atoms with Crippen LogP contribution in [0.25, 0.3) is 0 Å². The first-order chi connectivity index (χ1) is 10.5. The molecule has 0 aliphatic heterocycles. The van der Waals surface area contributed by atoms with Crippen LogP contribution in [0.15, 0.2) is 60.7 Å². The summed E-state index contributed by atoms with van der Waals surface area (Å²) in [4.78, 5) is 0. The molecule has 2 rings (SSSR count). The van der Waals surface area contributed by atoms with E-state index >= 15 is 0 Å². The molecule has 1 unspecified atom stereocenters. The number of phosphoric ester groups is 1. The highest BCUT2D eigenvalue weighted by molar-refractivity contribution is 7.48. The van der Waals surface area contributed by atoms with E-state index < -0.39 is 13.4 Å². The molecule has 4 nitrogen and oxygen atoms in total. The average Bonchev–Trinajstić information content (AvgIpc) is 2.56. The molecule has 0 aromatic heterocycles. The second-order valence-corrected chi connectivity index (χ2v) is 6.60. The van der Waals surface area contributed by atoms with E-state index in [1.54, 1.807) is 6.92 Å². The van der Waals surface area contributed by atoms with Crippen LogP contribution in [0.1, 0.15) is 25.0 Å². The van der Waals surface area contributed by atoms with Gasteiger partial charge in [0, 0.05) is 7.11 Å². The summed E-state index contributed by atoms with van der Waals surface area (Å²) in [5.41, 5.74) is 0.805. The lowest BCUT2D eigenvalue weighted by molar-refractivity contribution is 0.0538. The largest absolute Gasteiger partial charge is 0.475 e. The molecule has 0 aliphatic rings. The summed E-state index contributed by atoms with van der Waals surface area (Å²) >= 11 is 0. The Labute approximate surface area is 131 Å². The fraction of sp³-hybridized carbons (Fsp3) is 0.294. The van der Waals surface area contributed by atoms with Crippen LogP contribution >= 0.6 is 7.82 Å². The predicted octanol–water partition coefficient (Wildman–Crippen LogP) is 4.76. The number of phosphoric acid groups is 1. The van der Waals surface area contributed by atoms with Gasteiger partial charge in [-0.05, 0) is 25.0 Å². The van der Waals surface area contributed by atoms with Gasteiger partial charge in [0.1, 0.15) is 5.60 Å². The molecule has 0 spiro atoms. The van der Waals surface area contributed by atoms with Crippen molar-refractivity contribution in [3.8, 4) is 0 Å². The molecule has 0 saturated heterocycles. The number of hydrogen-bond donors (Lipinski definition) is 0. The highest BCUT2D eigenvalue weighted by Crippen LogP contribution is 2.55. The van der Waals surface area contributed by atoms with E-state index in [2.05, 4.69) is 0 Å². The molecule has 1 atom stereocenters. The molecule has 5 heteroatoms. The van der Waals surface area contributed by atoms with E-state index in [1.807, 2.05) is 67.6 Å². The minimum atomic E-state index is -3.65. The summed E-state index contributed by atoms with van der Waals surface area (Å²) in [5.74, 6) is 0. The summed E-state index contributed by atoms with van der Waals surface area (Å²) in [6.45, 7) is 3.85. The van der Waals surface area contributed by atoms with E-state index in [9.17, 15) is 4.57 Å². The summed E-state index contributed by atoms with van der Waals surface area (Å²) in [6, 6.07) is 19.2. The Bertz CT molecular complexity index is 588. The first-order valence-corrected chi connectivity index (χ1v) is 8.62. The molecule has 0 heterocycles. The third kappa shape index (κ3) is 3.65. The minimum absolute atomic E-state index is 0.241. The summed E-state index contributed by atoms with van der Waals surface area (Å²) in [6.07, 6.45) is 0. The topological polar surface area (TPSA) is 44.8 Å². The van der Waals surface area contributed by atoms with Crippen molar-refractivity contribution in [3.63, 3.8) is 0 Å². The highest BCUT2D eigenvalue weighted by atomic mass is 31.2. The third-order valence-corrected chi connectivity index (χ3v) is 5.06. The lowest BCUT2D eigenvalue weighted by atomic mass is 9.88. The molecule has 0 saturated carbocycles. The quantitative estimate of drug-likeness (QED) is 0.690. The maximum Gasteiger partial charge on any atom is 0.475 e. The van der Waals surface area contributed by atoms with Crippen molar-refractivity contribution in [1.29, 1.82) is 0 Å². The van der Waals surface area contributed by atoms with Crippen molar-refractivity contribution in [3.05, 3.63) is 71.8 Å². The number of benzene rings is 2. The SMILES string of the molecule is CCOP(=O)(OC)OC(C)(c1ccccc1)c1ccccc1. The van der Waals surface area contributed by atoms with Crippen LogP contribution in [0.5, 0.6) is 0 Å². The van der Waals surface area contributed by atoms with Crippen molar-refractivity contribution in [2.24, 2.45) is 0 Å². The van der Waals surface area contributed by atoms with E-state index in [0.717, 1.165) is 11.1 Å². The molecule has 118 valence electrons. The van der Waals surface area contributed by atoms with Gasteiger partial charge in [-0.2, -0.15) is 0 Å². The molecular formula is C17H21O4P. The second-order valence-electron chi connectivity index (χ2n) is 4.90. The van der Waals surface area contributed by atoms with Crippen molar-refractivity contribution in [1.82, 2.24) is 0 Å². The van der Waals surface area contributed by atoms with Gasteiger partial charge in [0.2, 0.25) is 0 Å². The van der Waals surface area contributed by atoms with Crippen LogP contribution in [0.2, 0.25) is 0 Å². The van der Waals surface area contributed by atoms with E-state index in [4.69, 9.17) is 13.6 Å². The zero-order chi connectivity index (χ0) is 16.1. The van der Waals surface area contributed by atoms with Crippen LogP contribution in [-0.4, -0.2) is 13.7 Å². The van der Waals surface area contributed by atoms with E-state index in [0.29, 0.717) is 0 Å². The maximum absolute atomic E-state index is 12.7. The Morgan fingerprint density at radius 1 is 0.955 bits per heavy atom. The zero-order valence-corrected chi connectivity index (χ0v) is 14.0. The normalized spacial score (nSPS) is 14.5. The highest BCUT2D eigenvalue weighted by Gasteiger charge is 2.39. The molecule has 0 bridgehead atoms. The zero-order valence-electron chi connectivity index (χ0n) is 13.1. The van der Waals surface area contributed by atoms with Crippen LogP contribution < -0.4 is 0 Å². The number of rotatable bonds is 7. The molecule has 0 aliphatic carbocycles. The first kappa shape index (κ1) is 16.9. The molecule has 22 heavy (non-hydrogen) atoms. The van der Waals surface area contributed by atoms with E-state index in [1.165, 1.54) is 7.11 Å². The van der Waals surface area contributed by atoms with Gasteiger partial charge in [-0.15, -0.1) is 0 Å². The fourth-order valence-electron chi connectivity index (χ4n) is 2.28. The van der Waals surface area contributed by atoms with Gasteiger partial charge in [0.05, 0.1) is 6.61 Å². The smallest absolute Gasteiger partial charge is 0.290 e. The monoisotopic (exact) mass is 320 g/mol. The molecule has 2 aromatic rings. The summed E-state index contributed by atoms with van der Waals surface area (Å²) < 4.78 is 28.8. The fourth-order valence-corrected chi connectivity index (χ4v) is 3.49. The maximum atomic E-state index is 12.7. The summed E-state index contributed by atoms with van der Waals surface area (Å²) in [7, 11) is -2.33. The molecule has 2 aromatic carbocycles. The van der Waals surface area contributed by atoms with Crippen LogP contribution in [0, 0.1) is 0 Å². The lowest BCUT2D eigenvalue weighted by Crippen LogP contribution is -2.27. The van der Waals surface area contributed by atoms with Crippen molar-refractivity contribution >= 4 is 7.82 Å². The van der Waals surface area contributed by atoms with Crippen molar-refractivity contribution in [2.45, 2.75) is 19.4 Å². The number of hydrogen-bond acceptors (Lipinski definition) is 4. The average molecular weight is 320 g/mol. The van der Waals surface area contributed by atoms with Crippen molar-refractivity contribution in [2.75, 3.05) is 13.7 Å². The third-order valence-electron chi connectivity index (χ3n) is 3.45. The Hall–Kier alpha value is -1.45.